The van der Waals surface area contributed by atoms with Crippen molar-refractivity contribution in [1.82, 2.24) is 5.32 Å². The SMILES string of the molecule is CCC(C)C(CNCC(C)C)c1ccc(C)c(C)c1. The Morgan fingerprint density at radius 3 is 2.21 bits per heavy atom. The highest BCUT2D eigenvalue weighted by molar-refractivity contribution is 5.32. The minimum absolute atomic E-state index is 0.628. The molecule has 19 heavy (non-hydrogen) atoms. The topological polar surface area (TPSA) is 12.0 Å². The summed E-state index contributed by atoms with van der Waals surface area (Å²) in [5, 5.41) is 3.63. The van der Waals surface area contributed by atoms with Crippen LogP contribution in [0.1, 0.15) is 56.7 Å². The molecule has 0 saturated carbocycles. The van der Waals surface area contributed by atoms with Crippen LogP contribution >= 0.6 is 0 Å². The number of nitrogens with one attached hydrogen (secondary N) is 1. The first-order chi connectivity index (χ1) is 8.95. The van der Waals surface area contributed by atoms with E-state index in [0.29, 0.717) is 5.92 Å². The molecule has 0 aliphatic carbocycles. The molecule has 2 atom stereocenters. The van der Waals surface area contributed by atoms with Crippen LogP contribution in [0.15, 0.2) is 18.2 Å². The maximum Gasteiger partial charge on any atom is 0.00228 e. The standard InChI is InChI=1S/C18H31N/c1-7-14(4)18(12-19-11-13(2)3)17-9-8-15(5)16(6)10-17/h8-10,13-14,18-19H,7,11-12H2,1-6H3. The fourth-order valence-corrected chi connectivity index (χ4v) is 2.45. The largest absolute Gasteiger partial charge is 0.316 e. The van der Waals surface area contributed by atoms with Gasteiger partial charge >= 0.3 is 0 Å². The Balaban J connectivity index is 2.80. The monoisotopic (exact) mass is 261 g/mol. The minimum atomic E-state index is 0.628. The van der Waals surface area contributed by atoms with Gasteiger partial charge < -0.3 is 5.32 Å². The van der Waals surface area contributed by atoms with E-state index < -0.39 is 0 Å². The van der Waals surface area contributed by atoms with E-state index >= 15 is 0 Å². The normalized spacial score (nSPS) is 14.7. The highest BCUT2D eigenvalue weighted by Crippen LogP contribution is 2.27. The highest BCUT2D eigenvalue weighted by Gasteiger charge is 2.18. The van der Waals surface area contributed by atoms with Crippen molar-refractivity contribution in [2.45, 2.75) is 53.9 Å². The van der Waals surface area contributed by atoms with Crippen molar-refractivity contribution in [3.05, 3.63) is 34.9 Å². The third-order valence-corrected chi connectivity index (χ3v) is 4.21. The second-order valence-electron chi connectivity index (χ2n) is 6.39. The molecule has 0 aromatic heterocycles. The summed E-state index contributed by atoms with van der Waals surface area (Å²) < 4.78 is 0. The Morgan fingerprint density at radius 1 is 1.00 bits per heavy atom. The second kappa shape index (κ2) is 7.69. The van der Waals surface area contributed by atoms with Gasteiger partial charge in [-0.1, -0.05) is 52.3 Å². The van der Waals surface area contributed by atoms with E-state index in [0.717, 1.165) is 24.9 Å². The Bertz CT molecular complexity index is 381. The van der Waals surface area contributed by atoms with Crippen LogP contribution in [0.25, 0.3) is 0 Å². The molecule has 0 bridgehead atoms. The molecular formula is C18H31N. The summed E-state index contributed by atoms with van der Waals surface area (Å²) >= 11 is 0. The van der Waals surface area contributed by atoms with Crippen molar-refractivity contribution in [3.8, 4) is 0 Å². The van der Waals surface area contributed by atoms with Gasteiger partial charge in [0.1, 0.15) is 0 Å². The van der Waals surface area contributed by atoms with E-state index in [1.807, 2.05) is 0 Å². The molecule has 0 radical (unpaired) electrons. The summed E-state index contributed by atoms with van der Waals surface area (Å²) in [4.78, 5) is 0. The van der Waals surface area contributed by atoms with Gasteiger partial charge in [-0.15, -0.1) is 0 Å². The molecule has 0 fully saturated rings. The van der Waals surface area contributed by atoms with Crippen molar-refractivity contribution in [3.63, 3.8) is 0 Å². The number of aryl methyl sites for hydroxylation is 2. The zero-order valence-electron chi connectivity index (χ0n) is 13.6. The molecule has 108 valence electrons. The number of hydrogen-bond donors (Lipinski definition) is 1. The lowest BCUT2D eigenvalue weighted by Crippen LogP contribution is -2.28. The van der Waals surface area contributed by atoms with Crippen molar-refractivity contribution in [2.24, 2.45) is 11.8 Å². The molecule has 1 aromatic rings. The highest BCUT2D eigenvalue weighted by atomic mass is 14.9. The van der Waals surface area contributed by atoms with E-state index in [1.54, 1.807) is 0 Å². The van der Waals surface area contributed by atoms with Crippen LogP contribution in [0.5, 0.6) is 0 Å². The molecule has 1 heteroatoms. The summed E-state index contributed by atoms with van der Waals surface area (Å²) in [7, 11) is 0. The molecular weight excluding hydrogens is 230 g/mol. The first-order valence-corrected chi connectivity index (χ1v) is 7.73. The van der Waals surface area contributed by atoms with Crippen molar-refractivity contribution < 1.29 is 0 Å². The van der Waals surface area contributed by atoms with Crippen LogP contribution in [0, 0.1) is 25.7 Å². The number of benzene rings is 1. The predicted molar refractivity (Wildman–Crippen MR) is 85.8 cm³/mol. The zero-order valence-corrected chi connectivity index (χ0v) is 13.6. The van der Waals surface area contributed by atoms with Gasteiger partial charge in [0.2, 0.25) is 0 Å². The number of hydrogen-bond acceptors (Lipinski definition) is 1. The summed E-state index contributed by atoms with van der Waals surface area (Å²) in [5.41, 5.74) is 4.30. The van der Waals surface area contributed by atoms with Crippen molar-refractivity contribution in [1.29, 1.82) is 0 Å². The van der Waals surface area contributed by atoms with Gasteiger partial charge in [0.25, 0.3) is 0 Å². The van der Waals surface area contributed by atoms with Crippen LogP contribution in [0.2, 0.25) is 0 Å². The third-order valence-electron chi connectivity index (χ3n) is 4.21. The first kappa shape index (κ1) is 16.2. The molecule has 1 nitrogen and oxygen atoms in total. The number of rotatable bonds is 7. The Morgan fingerprint density at radius 2 is 1.68 bits per heavy atom. The average Bonchev–Trinajstić information content (AvgIpc) is 2.37. The molecule has 2 unspecified atom stereocenters. The Hall–Kier alpha value is -0.820. The predicted octanol–water partition coefficient (Wildman–Crippen LogP) is 4.68. The van der Waals surface area contributed by atoms with Crippen molar-refractivity contribution >= 4 is 0 Å². The van der Waals surface area contributed by atoms with Crippen LogP contribution in [-0.2, 0) is 0 Å². The fourth-order valence-electron chi connectivity index (χ4n) is 2.45. The maximum atomic E-state index is 3.63. The average molecular weight is 261 g/mol. The van der Waals surface area contributed by atoms with Gasteiger partial charge in [0.15, 0.2) is 0 Å². The summed E-state index contributed by atoms with van der Waals surface area (Å²) in [6.07, 6.45) is 1.24. The van der Waals surface area contributed by atoms with Gasteiger partial charge in [-0.2, -0.15) is 0 Å². The Kier molecular flexibility index (Phi) is 6.57. The zero-order chi connectivity index (χ0) is 14.4. The Labute approximate surface area is 119 Å². The van der Waals surface area contributed by atoms with Crippen LogP contribution in [0.3, 0.4) is 0 Å². The van der Waals surface area contributed by atoms with E-state index in [-0.39, 0.29) is 0 Å². The summed E-state index contributed by atoms with van der Waals surface area (Å²) in [5.74, 6) is 2.07. The first-order valence-electron chi connectivity index (χ1n) is 7.73. The molecule has 1 aromatic carbocycles. The van der Waals surface area contributed by atoms with Gasteiger partial charge in [-0.25, -0.2) is 0 Å². The molecule has 1 rings (SSSR count). The molecule has 0 heterocycles. The van der Waals surface area contributed by atoms with E-state index in [1.165, 1.54) is 23.1 Å². The quantitative estimate of drug-likeness (QED) is 0.751. The van der Waals surface area contributed by atoms with Crippen LogP contribution < -0.4 is 5.32 Å². The van der Waals surface area contributed by atoms with Gasteiger partial charge in [-0.3, -0.25) is 0 Å². The van der Waals surface area contributed by atoms with E-state index in [2.05, 4.69) is 65.1 Å². The molecule has 1 N–H and O–H groups in total. The lowest BCUT2D eigenvalue weighted by Gasteiger charge is -2.25. The molecule has 0 aliphatic rings. The van der Waals surface area contributed by atoms with Gasteiger partial charge in [0, 0.05) is 6.54 Å². The molecule has 0 spiro atoms. The van der Waals surface area contributed by atoms with E-state index in [9.17, 15) is 0 Å². The molecule has 0 saturated heterocycles. The lowest BCUT2D eigenvalue weighted by molar-refractivity contribution is 0.409. The molecule has 0 aliphatic heterocycles. The van der Waals surface area contributed by atoms with Gasteiger partial charge in [0.05, 0.1) is 0 Å². The summed E-state index contributed by atoms with van der Waals surface area (Å²) in [6, 6.07) is 6.96. The summed E-state index contributed by atoms with van der Waals surface area (Å²) in [6.45, 7) is 15.8. The molecule has 0 amide bonds. The maximum absolute atomic E-state index is 3.63. The van der Waals surface area contributed by atoms with Gasteiger partial charge in [-0.05, 0) is 54.8 Å². The van der Waals surface area contributed by atoms with Crippen LogP contribution in [-0.4, -0.2) is 13.1 Å². The fraction of sp³-hybridized carbons (Fsp3) is 0.667. The van der Waals surface area contributed by atoms with E-state index in [4.69, 9.17) is 0 Å². The minimum Gasteiger partial charge on any atom is -0.316 e. The van der Waals surface area contributed by atoms with Crippen LogP contribution in [0.4, 0.5) is 0 Å². The third kappa shape index (κ3) is 4.99. The van der Waals surface area contributed by atoms with Crippen molar-refractivity contribution in [2.75, 3.05) is 13.1 Å². The lowest BCUT2D eigenvalue weighted by atomic mass is 9.84. The smallest absolute Gasteiger partial charge is 0.00228 e. The second-order valence-corrected chi connectivity index (χ2v) is 6.39.